The number of hydrogen-bond acceptors (Lipinski definition) is 4. The number of amides is 1. The molecule has 4 N–H and O–H groups in total. The van der Waals surface area contributed by atoms with Gasteiger partial charge in [-0.1, -0.05) is 19.9 Å². The Labute approximate surface area is 119 Å². The minimum absolute atomic E-state index is 0.279. The number of nitrogens with two attached hydrogens (primary N) is 1. The Kier molecular flexibility index (Phi) is 5.13. The number of rotatable bonds is 6. The quantitative estimate of drug-likeness (QED) is 0.741. The molecule has 1 aromatic carbocycles. The monoisotopic (exact) mass is 299 g/mol. The lowest BCUT2D eigenvalue weighted by Crippen LogP contribution is -2.50. The SMILES string of the molecule is CCC(N)(CC)C(=O)Nc1cccc(NS(C)(=O)=O)c1. The third kappa shape index (κ3) is 4.50. The molecule has 1 rings (SSSR count). The normalized spacial score (nSPS) is 12.0. The van der Waals surface area contributed by atoms with Crippen molar-refractivity contribution in [3.63, 3.8) is 0 Å². The van der Waals surface area contributed by atoms with E-state index in [2.05, 4.69) is 10.0 Å². The van der Waals surface area contributed by atoms with E-state index < -0.39 is 15.6 Å². The summed E-state index contributed by atoms with van der Waals surface area (Å²) in [7, 11) is -3.35. The summed E-state index contributed by atoms with van der Waals surface area (Å²) in [5.74, 6) is -0.279. The van der Waals surface area contributed by atoms with Crippen molar-refractivity contribution in [2.75, 3.05) is 16.3 Å². The lowest BCUT2D eigenvalue weighted by Gasteiger charge is -2.25. The van der Waals surface area contributed by atoms with Crippen molar-refractivity contribution in [3.8, 4) is 0 Å². The van der Waals surface area contributed by atoms with Gasteiger partial charge >= 0.3 is 0 Å². The third-order valence-corrected chi connectivity index (χ3v) is 3.74. The van der Waals surface area contributed by atoms with E-state index in [1.54, 1.807) is 24.3 Å². The first-order valence-electron chi connectivity index (χ1n) is 6.38. The van der Waals surface area contributed by atoms with E-state index in [9.17, 15) is 13.2 Å². The van der Waals surface area contributed by atoms with Crippen LogP contribution in [0.25, 0.3) is 0 Å². The summed E-state index contributed by atoms with van der Waals surface area (Å²) in [6.07, 6.45) is 2.12. The molecule has 1 amide bonds. The highest BCUT2D eigenvalue weighted by Crippen LogP contribution is 2.19. The Balaban J connectivity index is 2.89. The first-order valence-corrected chi connectivity index (χ1v) is 8.27. The van der Waals surface area contributed by atoms with Crippen LogP contribution in [0.5, 0.6) is 0 Å². The summed E-state index contributed by atoms with van der Waals surface area (Å²) < 4.78 is 24.7. The van der Waals surface area contributed by atoms with Crippen molar-refractivity contribution in [1.82, 2.24) is 0 Å². The van der Waals surface area contributed by atoms with Crippen molar-refractivity contribution in [2.45, 2.75) is 32.2 Å². The van der Waals surface area contributed by atoms with E-state index in [4.69, 9.17) is 5.73 Å². The number of hydrogen-bond donors (Lipinski definition) is 3. The molecule has 0 spiro atoms. The number of carbonyl (C=O) groups excluding carboxylic acids is 1. The van der Waals surface area contributed by atoms with Crippen LogP contribution >= 0.6 is 0 Å². The zero-order valence-electron chi connectivity index (χ0n) is 11.9. The van der Waals surface area contributed by atoms with Gasteiger partial charge in [-0.3, -0.25) is 9.52 Å². The maximum atomic E-state index is 12.1. The van der Waals surface area contributed by atoms with Gasteiger partial charge < -0.3 is 11.1 Å². The fourth-order valence-corrected chi connectivity index (χ4v) is 2.26. The topological polar surface area (TPSA) is 101 Å². The summed E-state index contributed by atoms with van der Waals surface area (Å²) in [5, 5.41) is 2.71. The van der Waals surface area contributed by atoms with Gasteiger partial charge in [0.05, 0.1) is 17.5 Å². The number of carbonyl (C=O) groups is 1. The summed E-state index contributed by atoms with van der Waals surface area (Å²) in [4.78, 5) is 12.1. The van der Waals surface area contributed by atoms with Gasteiger partial charge in [-0.25, -0.2) is 8.42 Å². The second-order valence-electron chi connectivity index (χ2n) is 4.77. The fraction of sp³-hybridized carbons (Fsp3) is 0.462. The van der Waals surface area contributed by atoms with E-state index in [0.717, 1.165) is 6.26 Å². The average Bonchev–Trinajstić information content (AvgIpc) is 2.36. The van der Waals surface area contributed by atoms with Gasteiger partial charge in [0.15, 0.2) is 0 Å². The number of nitrogens with one attached hydrogen (secondary N) is 2. The molecule has 0 heterocycles. The first-order chi connectivity index (χ1) is 9.20. The zero-order valence-corrected chi connectivity index (χ0v) is 12.8. The maximum absolute atomic E-state index is 12.1. The van der Waals surface area contributed by atoms with Crippen molar-refractivity contribution < 1.29 is 13.2 Å². The van der Waals surface area contributed by atoms with Crippen molar-refractivity contribution >= 4 is 27.3 Å². The molecule has 6 nitrogen and oxygen atoms in total. The van der Waals surface area contributed by atoms with E-state index in [0.29, 0.717) is 24.2 Å². The molecule has 0 saturated carbocycles. The average molecular weight is 299 g/mol. The minimum Gasteiger partial charge on any atom is -0.324 e. The molecule has 0 aromatic heterocycles. The van der Waals surface area contributed by atoms with Crippen LogP contribution in [0, 0.1) is 0 Å². The third-order valence-electron chi connectivity index (χ3n) is 3.14. The molecular formula is C13H21N3O3S. The Bertz CT molecular complexity index is 580. The number of anilines is 2. The van der Waals surface area contributed by atoms with Crippen molar-refractivity contribution in [1.29, 1.82) is 0 Å². The van der Waals surface area contributed by atoms with Crippen LogP contribution in [-0.4, -0.2) is 26.1 Å². The van der Waals surface area contributed by atoms with Gasteiger partial charge in [0.2, 0.25) is 15.9 Å². The maximum Gasteiger partial charge on any atom is 0.244 e. The Morgan fingerprint density at radius 1 is 1.25 bits per heavy atom. The van der Waals surface area contributed by atoms with E-state index in [1.165, 1.54) is 0 Å². The highest BCUT2D eigenvalue weighted by Gasteiger charge is 2.29. The highest BCUT2D eigenvalue weighted by molar-refractivity contribution is 7.92. The highest BCUT2D eigenvalue weighted by atomic mass is 32.2. The van der Waals surface area contributed by atoms with Crippen LogP contribution in [0.2, 0.25) is 0 Å². The van der Waals surface area contributed by atoms with Gasteiger partial charge in [-0.15, -0.1) is 0 Å². The summed E-state index contributed by atoms with van der Waals surface area (Å²) in [6, 6.07) is 6.48. The standard InChI is InChI=1S/C13H21N3O3S/c1-4-13(14,5-2)12(17)15-10-7-6-8-11(9-10)16-20(3,18)19/h6-9,16H,4-5,14H2,1-3H3,(H,15,17). The molecule has 0 aliphatic rings. The van der Waals surface area contributed by atoms with Crippen LogP contribution in [0.15, 0.2) is 24.3 Å². The zero-order chi connectivity index (χ0) is 15.4. The van der Waals surface area contributed by atoms with E-state index >= 15 is 0 Å². The van der Waals surface area contributed by atoms with Gasteiger partial charge in [-0.05, 0) is 31.0 Å². The molecule has 20 heavy (non-hydrogen) atoms. The molecule has 0 bridgehead atoms. The van der Waals surface area contributed by atoms with Crippen LogP contribution in [0.1, 0.15) is 26.7 Å². The summed E-state index contributed by atoms with van der Waals surface area (Å²) >= 11 is 0. The number of benzene rings is 1. The molecule has 1 aromatic rings. The Morgan fingerprint density at radius 3 is 2.30 bits per heavy atom. The minimum atomic E-state index is -3.35. The second-order valence-corrected chi connectivity index (χ2v) is 6.52. The lowest BCUT2D eigenvalue weighted by molar-refractivity contribution is -0.121. The van der Waals surface area contributed by atoms with E-state index in [1.807, 2.05) is 13.8 Å². The predicted molar refractivity (Wildman–Crippen MR) is 81.0 cm³/mol. The van der Waals surface area contributed by atoms with Crippen LogP contribution < -0.4 is 15.8 Å². The molecule has 0 radical (unpaired) electrons. The fourth-order valence-electron chi connectivity index (χ4n) is 1.70. The lowest BCUT2D eigenvalue weighted by atomic mass is 9.93. The van der Waals surface area contributed by atoms with Crippen molar-refractivity contribution in [2.24, 2.45) is 5.73 Å². The number of sulfonamides is 1. The van der Waals surface area contributed by atoms with E-state index in [-0.39, 0.29) is 5.91 Å². The predicted octanol–water partition coefficient (Wildman–Crippen LogP) is 1.51. The molecule has 0 aliphatic heterocycles. The summed E-state index contributed by atoms with van der Waals surface area (Å²) in [5.41, 5.74) is 5.98. The van der Waals surface area contributed by atoms with Crippen molar-refractivity contribution in [3.05, 3.63) is 24.3 Å². The van der Waals surface area contributed by atoms with Crippen LogP contribution in [-0.2, 0) is 14.8 Å². The Morgan fingerprint density at radius 2 is 1.80 bits per heavy atom. The molecule has 112 valence electrons. The molecule has 0 aliphatic carbocycles. The molecule has 7 heteroatoms. The second kappa shape index (κ2) is 6.23. The Hall–Kier alpha value is -1.60. The molecule has 0 fully saturated rings. The molecule has 0 atom stereocenters. The van der Waals surface area contributed by atoms with Gasteiger partial charge in [0.25, 0.3) is 0 Å². The molecule has 0 unspecified atom stereocenters. The van der Waals surface area contributed by atoms with Gasteiger partial charge in [0.1, 0.15) is 0 Å². The van der Waals surface area contributed by atoms with Crippen LogP contribution in [0.3, 0.4) is 0 Å². The largest absolute Gasteiger partial charge is 0.324 e. The van der Waals surface area contributed by atoms with Gasteiger partial charge in [-0.2, -0.15) is 0 Å². The molecule has 0 saturated heterocycles. The molecular weight excluding hydrogens is 278 g/mol. The first kappa shape index (κ1) is 16.5. The smallest absolute Gasteiger partial charge is 0.244 e. The van der Waals surface area contributed by atoms with Gasteiger partial charge in [0, 0.05) is 5.69 Å². The summed E-state index contributed by atoms with van der Waals surface area (Å²) in [6.45, 7) is 3.70. The van der Waals surface area contributed by atoms with Crippen LogP contribution in [0.4, 0.5) is 11.4 Å².